The highest BCUT2D eigenvalue weighted by Gasteiger charge is 2.36. The van der Waals surface area contributed by atoms with Gasteiger partial charge in [0.2, 0.25) is 0 Å². The number of carbonyl (C=O) groups excluding carboxylic acids is 2. The van der Waals surface area contributed by atoms with Crippen LogP contribution in [0.25, 0.3) is 20.7 Å². The lowest BCUT2D eigenvalue weighted by Gasteiger charge is -2.30. The molecule has 2 saturated heterocycles. The maximum Gasteiger partial charge on any atom is 0.320 e. The third kappa shape index (κ3) is 5.37. The molecule has 38 heavy (non-hydrogen) atoms. The van der Waals surface area contributed by atoms with Crippen molar-refractivity contribution in [2.24, 2.45) is 5.41 Å². The topological polar surface area (TPSA) is 78.8 Å². The van der Waals surface area contributed by atoms with Crippen LogP contribution in [0.15, 0.2) is 41.5 Å². The third-order valence-electron chi connectivity index (χ3n) is 7.72. The van der Waals surface area contributed by atoms with E-state index in [9.17, 15) is 14.4 Å². The fourth-order valence-corrected chi connectivity index (χ4v) is 6.35. The molecule has 8 nitrogen and oxygen atoms in total. The quantitative estimate of drug-likeness (QED) is 0.453. The van der Waals surface area contributed by atoms with Crippen LogP contribution in [0.2, 0.25) is 5.02 Å². The molecule has 0 spiro atoms. The predicted molar refractivity (Wildman–Crippen MR) is 152 cm³/mol. The van der Waals surface area contributed by atoms with Gasteiger partial charge in [-0.15, -0.1) is 11.3 Å². The van der Waals surface area contributed by atoms with Crippen molar-refractivity contribution < 1.29 is 9.59 Å². The number of amides is 2. The Morgan fingerprint density at radius 3 is 2.58 bits per heavy atom. The average molecular weight is 556 g/mol. The molecule has 2 aromatic heterocycles. The van der Waals surface area contributed by atoms with Crippen molar-refractivity contribution >= 4 is 45.0 Å². The summed E-state index contributed by atoms with van der Waals surface area (Å²) in [4.78, 5) is 50.5. The number of halogens is 1. The molecular weight excluding hydrogens is 522 g/mol. The van der Waals surface area contributed by atoms with Gasteiger partial charge in [-0.05, 0) is 36.6 Å². The summed E-state index contributed by atoms with van der Waals surface area (Å²) in [5.74, 6) is 0.219. The first-order valence-corrected chi connectivity index (χ1v) is 14.2. The van der Waals surface area contributed by atoms with E-state index < -0.39 is 0 Å². The zero-order chi connectivity index (χ0) is 27.2. The zero-order valence-corrected chi connectivity index (χ0v) is 23.9. The Labute approximate surface area is 231 Å². The summed E-state index contributed by atoms with van der Waals surface area (Å²) in [5, 5.41) is 0.669. The number of likely N-dealkylation sites (N-methyl/N-ethyl adjacent to an activating group) is 1. The molecule has 2 aliphatic rings. The molecule has 0 unspecified atom stereocenters. The Balaban J connectivity index is 1.24. The minimum atomic E-state index is -0.360. The van der Waals surface area contributed by atoms with Crippen molar-refractivity contribution in [1.82, 2.24) is 24.3 Å². The van der Waals surface area contributed by atoms with Gasteiger partial charge in [-0.1, -0.05) is 44.5 Å². The number of hydrogen-bond acceptors (Lipinski definition) is 6. The maximum absolute atomic E-state index is 13.4. The van der Waals surface area contributed by atoms with Crippen LogP contribution in [0.5, 0.6) is 0 Å². The average Bonchev–Trinajstić information content (AvgIpc) is 3.63. The van der Waals surface area contributed by atoms with Gasteiger partial charge in [0, 0.05) is 54.6 Å². The van der Waals surface area contributed by atoms with Crippen LogP contribution in [-0.2, 0) is 4.79 Å². The van der Waals surface area contributed by atoms with E-state index in [0.29, 0.717) is 47.8 Å². The zero-order valence-electron chi connectivity index (χ0n) is 22.3. The first-order valence-electron chi connectivity index (χ1n) is 13.1. The van der Waals surface area contributed by atoms with Crippen LogP contribution < -0.4 is 5.56 Å². The Hall–Kier alpha value is -2.75. The molecule has 3 aromatic rings. The van der Waals surface area contributed by atoms with Crippen molar-refractivity contribution in [3.05, 3.63) is 52.0 Å². The van der Waals surface area contributed by atoms with Crippen LogP contribution in [0.3, 0.4) is 0 Å². The second-order valence-electron chi connectivity index (χ2n) is 11.4. The monoisotopic (exact) mass is 555 g/mol. The van der Waals surface area contributed by atoms with Gasteiger partial charge in [-0.2, -0.15) is 0 Å². The van der Waals surface area contributed by atoms with Gasteiger partial charge in [0.05, 0.1) is 24.4 Å². The number of Topliss-reactive ketones (excluding diaryl/α,β-unsaturated/α-hetero) is 1. The molecule has 5 rings (SSSR count). The van der Waals surface area contributed by atoms with E-state index in [4.69, 9.17) is 11.6 Å². The second kappa shape index (κ2) is 10.4. The molecule has 10 heteroatoms. The molecule has 0 bridgehead atoms. The lowest BCUT2D eigenvalue weighted by molar-refractivity contribution is -0.127. The van der Waals surface area contributed by atoms with Gasteiger partial charge < -0.3 is 9.80 Å². The highest BCUT2D eigenvalue weighted by atomic mass is 35.5. The normalized spacial score (nSPS) is 20.4. The van der Waals surface area contributed by atoms with Crippen molar-refractivity contribution in [2.75, 3.05) is 39.8 Å². The molecule has 0 N–H and O–H groups in total. The van der Waals surface area contributed by atoms with Crippen LogP contribution in [0, 0.1) is 5.41 Å². The lowest BCUT2D eigenvalue weighted by atomic mass is 9.90. The lowest BCUT2D eigenvalue weighted by Crippen LogP contribution is -2.46. The number of fused-ring (bicyclic) bond motifs is 1. The molecule has 2 aliphatic heterocycles. The molecule has 2 atom stereocenters. The van der Waals surface area contributed by atoms with E-state index in [1.54, 1.807) is 10.9 Å². The fourth-order valence-electron chi connectivity index (χ4n) is 5.18. The van der Waals surface area contributed by atoms with E-state index in [2.05, 4.69) is 9.88 Å². The Kier molecular flexibility index (Phi) is 7.37. The second-order valence-corrected chi connectivity index (χ2v) is 12.9. The minimum Gasteiger partial charge on any atom is -0.323 e. The highest BCUT2D eigenvalue weighted by molar-refractivity contribution is 7.22. The van der Waals surface area contributed by atoms with Gasteiger partial charge >= 0.3 is 6.03 Å². The molecular formula is C28H34ClN5O3S. The number of ketones is 1. The number of likely N-dealkylation sites (tertiary alicyclic amines) is 2. The van der Waals surface area contributed by atoms with Gasteiger partial charge in [0.1, 0.15) is 4.70 Å². The van der Waals surface area contributed by atoms with Crippen molar-refractivity contribution in [3.8, 4) is 10.4 Å². The predicted octanol–water partition coefficient (Wildman–Crippen LogP) is 4.77. The molecule has 0 radical (unpaired) electrons. The van der Waals surface area contributed by atoms with E-state index in [-0.39, 0.29) is 34.9 Å². The van der Waals surface area contributed by atoms with Gasteiger partial charge in [0.25, 0.3) is 5.56 Å². The SMILES string of the molecule is CN(C(=O)N1CC[C@H](n2cnc3cc(-c4ccc(Cl)cc4)sc3c2=O)C1)[C@@H]1CCN(CC(=O)C(C)(C)C)C1. The largest absolute Gasteiger partial charge is 0.323 e. The van der Waals surface area contributed by atoms with Gasteiger partial charge in [0.15, 0.2) is 5.78 Å². The summed E-state index contributed by atoms with van der Waals surface area (Å²) in [6.45, 7) is 8.84. The fraction of sp³-hybridized carbons (Fsp3) is 0.500. The van der Waals surface area contributed by atoms with Crippen molar-refractivity contribution in [3.63, 3.8) is 0 Å². The van der Waals surface area contributed by atoms with Crippen molar-refractivity contribution in [1.29, 1.82) is 0 Å². The smallest absolute Gasteiger partial charge is 0.320 e. The highest BCUT2D eigenvalue weighted by Crippen LogP contribution is 2.32. The van der Waals surface area contributed by atoms with E-state index in [0.717, 1.165) is 23.4 Å². The molecule has 4 heterocycles. The van der Waals surface area contributed by atoms with Crippen LogP contribution in [0.1, 0.15) is 39.7 Å². The Bertz CT molecular complexity index is 1410. The number of thiophene rings is 1. The first kappa shape index (κ1) is 26.8. The molecule has 202 valence electrons. The number of aromatic nitrogens is 2. The number of rotatable bonds is 5. The van der Waals surface area contributed by atoms with Gasteiger partial charge in [-0.25, -0.2) is 9.78 Å². The standard InChI is InChI=1S/C28H34ClN5O3S/c1-28(2,3)24(35)16-32-11-9-20(14-32)31(4)27(37)33-12-10-21(15-33)34-17-30-22-13-23(38-25(22)26(34)36)18-5-7-19(29)8-6-18/h5-8,13,17,20-21H,9-12,14-16H2,1-4H3/t20-,21+/m1/s1. The molecule has 0 aliphatic carbocycles. The third-order valence-corrected chi connectivity index (χ3v) is 9.13. The first-order chi connectivity index (χ1) is 18.0. The maximum atomic E-state index is 13.4. The summed E-state index contributed by atoms with van der Waals surface area (Å²) in [7, 11) is 1.85. The molecule has 2 fully saturated rings. The number of carbonyl (C=O) groups is 2. The van der Waals surface area contributed by atoms with Crippen LogP contribution >= 0.6 is 22.9 Å². The number of hydrogen-bond donors (Lipinski definition) is 0. The van der Waals surface area contributed by atoms with E-state index in [1.807, 2.05) is 68.0 Å². The molecule has 1 aromatic carbocycles. The minimum absolute atomic E-state index is 0.0234. The number of nitrogens with zero attached hydrogens (tertiary/aromatic N) is 5. The summed E-state index contributed by atoms with van der Waals surface area (Å²) in [6, 6.07) is 9.43. The number of urea groups is 1. The van der Waals surface area contributed by atoms with Crippen LogP contribution in [0.4, 0.5) is 4.79 Å². The van der Waals surface area contributed by atoms with E-state index >= 15 is 0 Å². The summed E-state index contributed by atoms with van der Waals surface area (Å²) in [6.07, 6.45) is 3.18. The molecule has 2 amide bonds. The van der Waals surface area contributed by atoms with Gasteiger partial charge in [-0.3, -0.25) is 19.1 Å². The molecule has 0 saturated carbocycles. The van der Waals surface area contributed by atoms with Crippen molar-refractivity contribution in [2.45, 2.75) is 45.7 Å². The number of benzene rings is 1. The van der Waals surface area contributed by atoms with Crippen LogP contribution in [-0.4, -0.2) is 81.9 Å². The summed E-state index contributed by atoms with van der Waals surface area (Å²) >= 11 is 7.45. The summed E-state index contributed by atoms with van der Waals surface area (Å²) in [5.41, 5.74) is 1.25. The van der Waals surface area contributed by atoms with E-state index in [1.165, 1.54) is 11.3 Å². The Morgan fingerprint density at radius 1 is 1.13 bits per heavy atom. The summed E-state index contributed by atoms with van der Waals surface area (Å²) < 4.78 is 2.31. The Morgan fingerprint density at radius 2 is 1.87 bits per heavy atom.